The molecule has 156 valence electrons. The molecule has 5 rings (SSSR count). The lowest BCUT2D eigenvalue weighted by atomic mass is 10.1. The minimum absolute atomic E-state index is 0.189. The normalized spacial score (nSPS) is 11.4. The van der Waals surface area contributed by atoms with E-state index in [0.29, 0.717) is 11.3 Å². The first-order chi connectivity index (χ1) is 15.6. The Balaban J connectivity index is 1.61. The van der Waals surface area contributed by atoms with E-state index >= 15 is 0 Å². The number of hydrogen-bond acceptors (Lipinski definition) is 3. The molecule has 0 aliphatic carbocycles. The number of rotatable bonds is 4. The van der Waals surface area contributed by atoms with E-state index in [1.54, 1.807) is 6.07 Å². The third-order valence-electron chi connectivity index (χ3n) is 5.48. The number of nitrogens with zero attached hydrogens (tertiary/aromatic N) is 3. The maximum Gasteiger partial charge on any atom is 0.280 e. The van der Waals surface area contributed by atoms with Crippen molar-refractivity contribution >= 4 is 28.7 Å². The molecule has 0 aliphatic heterocycles. The molecule has 1 N–H and O–H groups in total. The molecule has 0 saturated carbocycles. The van der Waals surface area contributed by atoms with Gasteiger partial charge in [-0.1, -0.05) is 60.7 Å². The Morgan fingerprint density at radius 3 is 2.44 bits per heavy atom. The van der Waals surface area contributed by atoms with Crippen molar-refractivity contribution in [1.82, 2.24) is 14.8 Å². The van der Waals surface area contributed by atoms with Gasteiger partial charge in [-0.25, -0.2) is 4.68 Å². The van der Waals surface area contributed by atoms with Crippen molar-refractivity contribution in [2.45, 2.75) is 13.8 Å². The number of fused-ring (bicyclic) bond motifs is 1. The second-order valence-electron chi connectivity index (χ2n) is 7.74. The highest BCUT2D eigenvalue weighted by atomic mass is 16.2. The molecule has 2 aromatic heterocycles. The summed E-state index contributed by atoms with van der Waals surface area (Å²) in [5.41, 5.74) is 6.83. The number of aliphatic imine (C=N–C) groups is 1. The Labute approximate surface area is 186 Å². The van der Waals surface area contributed by atoms with E-state index in [1.165, 1.54) is 4.68 Å². The average molecular weight is 419 g/mol. The van der Waals surface area contributed by atoms with Gasteiger partial charge in [-0.15, -0.1) is 0 Å². The number of aromatic amines is 1. The third-order valence-corrected chi connectivity index (χ3v) is 5.48. The zero-order chi connectivity index (χ0) is 22.1. The van der Waals surface area contributed by atoms with E-state index in [2.05, 4.69) is 34.3 Å². The van der Waals surface area contributed by atoms with Gasteiger partial charge in [0.15, 0.2) is 0 Å². The van der Waals surface area contributed by atoms with E-state index in [9.17, 15) is 4.79 Å². The summed E-state index contributed by atoms with van der Waals surface area (Å²) < 4.78 is 1.44. The van der Waals surface area contributed by atoms with Gasteiger partial charge in [0.05, 0.1) is 22.6 Å². The number of carbonyl (C=O) groups is 1. The van der Waals surface area contributed by atoms with Crippen LogP contribution >= 0.6 is 0 Å². The number of nitrogens with one attached hydrogen (secondary N) is 1. The van der Waals surface area contributed by atoms with Crippen molar-refractivity contribution < 1.29 is 4.79 Å². The molecular formula is C27H22N4O. The van der Waals surface area contributed by atoms with Gasteiger partial charge in [-0.3, -0.25) is 9.79 Å². The van der Waals surface area contributed by atoms with Gasteiger partial charge in [-0.2, -0.15) is 5.10 Å². The van der Waals surface area contributed by atoms with Crippen LogP contribution in [0, 0.1) is 13.8 Å². The van der Waals surface area contributed by atoms with Gasteiger partial charge >= 0.3 is 0 Å². The summed E-state index contributed by atoms with van der Waals surface area (Å²) in [4.78, 5) is 21.5. The van der Waals surface area contributed by atoms with Crippen LogP contribution in [-0.2, 0) is 0 Å². The zero-order valence-electron chi connectivity index (χ0n) is 17.9. The van der Waals surface area contributed by atoms with E-state index in [-0.39, 0.29) is 5.91 Å². The van der Waals surface area contributed by atoms with Gasteiger partial charge in [-0.05, 0) is 43.7 Å². The number of benzene rings is 3. The molecule has 2 heterocycles. The van der Waals surface area contributed by atoms with Gasteiger partial charge in [0.25, 0.3) is 5.91 Å². The molecular weight excluding hydrogens is 396 g/mol. The lowest BCUT2D eigenvalue weighted by molar-refractivity contribution is 0.0943. The molecule has 0 fully saturated rings. The SMILES string of the molecule is Cc1cc(C)n(C(=O)c2ccccc2N=Cc2c(-c3ccccc3)[nH]c3ccccc23)n1. The number of para-hydroxylation sites is 2. The van der Waals surface area contributed by atoms with E-state index in [4.69, 9.17) is 4.99 Å². The van der Waals surface area contributed by atoms with Crippen molar-refractivity contribution in [3.8, 4) is 11.3 Å². The summed E-state index contributed by atoms with van der Waals surface area (Å²) >= 11 is 0. The fourth-order valence-electron chi connectivity index (χ4n) is 3.98. The summed E-state index contributed by atoms with van der Waals surface area (Å²) in [7, 11) is 0. The average Bonchev–Trinajstić information content (AvgIpc) is 3.37. The van der Waals surface area contributed by atoms with E-state index in [1.807, 2.05) is 74.7 Å². The highest BCUT2D eigenvalue weighted by Gasteiger charge is 2.17. The molecule has 0 amide bonds. The minimum atomic E-state index is -0.189. The standard InChI is InChI=1S/C27H22N4O/c1-18-16-19(2)31(30-18)27(32)22-13-7-8-14-24(22)28-17-23-21-12-6-9-15-25(21)29-26(23)20-10-4-3-5-11-20/h3-17,29H,1-2H3. The van der Waals surface area contributed by atoms with Crippen molar-refractivity contribution in [2.75, 3.05) is 0 Å². The molecule has 3 aromatic carbocycles. The predicted molar refractivity (Wildman–Crippen MR) is 129 cm³/mol. The van der Waals surface area contributed by atoms with Gasteiger partial charge in [0.2, 0.25) is 0 Å². The van der Waals surface area contributed by atoms with Crippen molar-refractivity contribution in [3.05, 3.63) is 107 Å². The molecule has 32 heavy (non-hydrogen) atoms. The van der Waals surface area contributed by atoms with Crippen LogP contribution in [0.15, 0.2) is 89.9 Å². The van der Waals surface area contributed by atoms with E-state index < -0.39 is 0 Å². The summed E-state index contributed by atoms with van der Waals surface area (Å²) in [5.74, 6) is -0.189. The maximum atomic E-state index is 13.2. The Morgan fingerprint density at radius 2 is 1.66 bits per heavy atom. The molecule has 0 unspecified atom stereocenters. The molecule has 0 atom stereocenters. The monoisotopic (exact) mass is 418 g/mol. The zero-order valence-corrected chi connectivity index (χ0v) is 17.9. The first-order valence-electron chi connectivity index (χ1n) is 10.5. The van der Waals surface area contributed by atoms with Crippen molar-refractivity contribution in [2.24, 2.45) is 4.99 Å². The Morgan fingerprint density at radius 1 is 0.938 bits per heavy atom. The minimum Gasteiger partial charge on any atom is -0.354 e. The highest BCUT2D eigenvalue weighted by Crippen LogP contribution is 2.30. The van der Waals surface area contributed by atoms with Crippen LogP contribution in [0.25, 0.3) is 22.2 Å². The topological polar surface area (TPSA) is 63.0 Å². The van der Waals surface area contributed by atoms with Crippen LogP contribution in [-0.4, -0.2) is 26.9 Å². The molecule has 0 aliphatic rings. The van der Waals surface area contributed by atoms with Crippen LogP contribution in [0.3, 0.4) is 0 Å². The van der Waals surface area contributed by atoms with Gasteiger partial charge in [0, 0.05) is 28.4 Å². The summed E-state index contributed by atoms with van der Waals surface area (Å²) in [6.45, 7) is 3.75. The van der Waals surface area contributed by atoms with Crippen molar-refractivity contribution in [3.63, 3.8) is 0 Å². The van der Waals surface area contributed by atoms with Crippen LogP contribution in [0.1, 0.15) is 27.3 Å². The summed E-state index contributed by atoms with van der Waals surface area (Å²) in [6, 6.07) is 27.6. The highest BCUT2D eigenvalue weighted by molar-refractivity contribution is 6.07. The Kier molecular flexibility index (Phi) is 5.00. The largest absolute Gasteiger partial charge is 0.354 e. The van der Waals surface area contributed by atoms with Crippen molar-refractivity contribution in [1.29, 1.82) is 0 Å². The molecule has 0 bridgehead atoms. The van der Waals surface area contributed by atoms with Crippen LogP contribution in [0.4, 0.5) is 5.69 Å². The lowest BCUT2D eigenvalue weighted by Crippen LogP contribution is -2.15. The second kappa shape index (κ2) is 8.12. The molecule has 5 nitrogen and oxygen atoms in total. The maximum absolute atomic E-state index is 13.2. The second-order valence-corrected chi connectivity index (χ2v) is 7.74. The molecule has 0 spiro atoms. The number of H-pyrrole nitrogens is 1. The quantitative estimate of drug-likeness (QED) is 0.359. The molecule has 0 saturated heterocycles. The molecule has 5 heteroatoms. The first kappa shape index (κ1) is 19.7. The first-order valence-corrected chi connectivity index (χ1v) is 10.5. The van der Waals surface area contributed by atoms with Gasteiger partial charge in [0.1, 0.15) is 0 Å². The fourth-order valence-corrected chi connectivity index (χ4v) is 3.98. The van der Waals surface area contributed by atoms with Gasteiger partial charge < -0.3 is 4.98 Å². The van der Waals surface area contributed by atoms with E-state index in [0.717, 1.165) is 39.1 Å². The Bertz CT molecular complexity index is 1460. The fraction of sp³-hybridized carbons (Fsp3) is 0.0741. The number of hydrogen-bond donors (Lipinski definition) is 1. The number of aromatic nitrogens is 3. The molecule has 5 aromatic rings. The smallest absolute Gasteiger partial charge is 0.280 e. The molecule has 0 radical (unpaired) electrons. The van der Waals surface area contributed by atoms with Crippen LogP contribution in [0.2, 0.25) is 0 Å². The van der Waals surface area contributed by atoms with Crippen LogP contribution < -0.4 is 0 Å². The third kappa shape index (κ3) is 3.54. The summed E-state index contributed by atoms with van der Waals surface area (Å²) in [5, 5.41) is 5.42. The predicted octanol–water partition coefficient (Wildman–Crippen LogP) is 6.09. The lowest BCUT2D eigenvalue weighted by Gasteiger charge is -2.06. The number of aryl methyl sites for hydroxylation is 2. The Hall–Kier alpha value is -4.25. The number of carbonyl (C=O) groups excluding carboxylic acids is 1. The van der Waals surface area contributed by atoms with Crippen LogP contribution in [0.5, 0.6) is 0 Å². The summed E-state index contributed by atoms with van der Waals surface area (Å²) in [6.07, 6.45) is 1.84.